The van der Waals surface area contributed by atoms with Gasteiger partial charge >= 0.3 is 0 Å². The Morgan fingerprint density at radius 3 is 3.26 bits per heavy atom. The predicted octanol–water partition coefficient (Wildman–Crippen LogP) is 2.78. The van der Waals surface area contributed by atoms with Gasteiger partial charge in [0.05, 0.1) is 5.69 Å². The molecule has 0 aromatic carbocycles. The van der Waals surface area contributed by atoms with E-state index in [9.17, 15) is 0 Å². The SMILES string of the molecule is COCCCSc1nc2sccn2c1CNC1CC1. The quantitative estimate of drug-likeness (QED) is 0.601. The first-order chi connectivity index (χ1) is 9.38. The summed E-state index contributed by atoms with van der Waals surface area (Å²) in [6.45, 7) is 1.75. The van der Waals surface area contributed by atoms with Gasteiger partial charge in [0, 0.05) is 43.6 Å². The van der Waals surface area contributed by atoms with Crippen molar-refractivity contribution in [2.45, 2.75) is 36.9 Å². The van der Waals surface area contributed by atoms with Crippen LogP contribution in [0, 0.1) is 0 Å². The third-order valence-corrected chi connectivity index (χ3v) is 5.04. The summed E-state index contributed by atoms with van der Waals surface area (Å²) < 4.78 is 7.31. The number of imidazole rings is 1. The lowest BCUT2D eigenvalue weighted by Gasteiger charge is -2.05. The monoisotopic (exact) mass is 297 g/mol. The van der Waals surface area contributed by atoms with Crippen LogP contribution >= 0.6 is 23.1 Å². The molecule has 2 aromatic rings. The van der Waals surface area contributed by atoms with E-state index in [0.29, 0.717) is 0 Å². The fraction of sp³-hybridized carbons (Fsp3) is 0.615. The molecule has 0 aliphatic heterocycles. The molecule has 0 bridgehead atoms. The van der Waals surface area contributed by atoms with Gasteiger partial charge in [-0.1, -0.05) is 0 Å². The molecule has 0 spiro atoms. The molecule has 104 valence electrons. The molecule has 0 amide bonds. The average molecular weight is 297 g/mol. The van der Waals surface area contributed by atoms with Crippen molar-refractivity contribution in [2.75, 3.05) is 19.5 Å². The lowest BCUT2D eigenvalue weighted by molar-refractivity contribution is 0.200. The number of methoxy groups -OCH3 is 1. The van der Waals surface area contributed by atoms with Crippen molar-refractivity contribution in [1.82, 2.24) is 14.7 Å². The van der Waals surface area contributed by atoms with Crippen LogP contribution in [0.5, 0.6) is 0 Å². The number of fused-ring (bicyclic) bond motifs is 1. The smallest absolute Gasteiger partial charge is 0.194 e. The van der Waals surface area contributed by atoms with E-state index in [0.717, 1.165) is 36.3 Å². The summed E-state index contributed by atoms with van der Waals surface area (Å²) in [5, 5.41) is 6.87. The first-order valence-corrected chi connectivity index (χ1v) is 8.54. The average Bonchev–Trinajstić information content (AvgIpc) is 3.03. The van der Waals surface area contributed by atoms with Crippen molar-refractivity contribution in [3.63, 3.8) is 0 Å². The molecule has 4 nitrogen and oxygen atoms in total. The van der Waals surface area contributed by atoms with Crippen LogP contribution in [0.2, 0.25) is 0 Å². The summed E-state index contributed by atoms with van der Waals surface area (Å²) in [6.07, 6.45) is 5.84. The standard InChI is InChI=1S/C13H19N3OS2/c1-17-6-2-7-18-12-11(9-14-10-3-4-10)16-5-8-19-13(16)15-12/h5,8,10,14H,2-4,6-7,9H2,1H3. The van der Waals surface area contributed by atoms with Crippen LogP contribution in [-0.2, 0) is 11.3 Å². The van der Waals surface area contributed by atoms with E-state index in [1.54, 1.807) is 18.4 Å². The Balaban J connectivity index is 1.68. The normalized spacial score (nSPS) is 15.4. The maximum Gasteiger partial charge on any atom is 0.194 e. The van der Waals surface area contributed by atoms with Gasteiger partial charge < -0.3 is 10.1 Å². The van der Waals surface area contributed by atoms with Crippen LogP contribution in [0.1, 0.15) is 25.0 Å². The van der Waals surface area contributed by atoms with Gasteiger partial charge in [-0.2, -0.15) is 0 Å². The van der Waals surface area contributed by atoms with Gasteiger partial charge in [0.15, 0.2) is 4.96 Å². The molecule has 2 aromatic heterocycles. The Bertz CT molecular complexity index is 533. The number of hydrogen-bond donors (Lipinski definition) is 1. The molecule has 0 unspecified atom stereocenters. The van der Waals surface area contributed by atoms with E-state index < -0.39 is 0 Å². The molecule has 1 aliphatic rings. The van der Waals surface area contributed by atoms with Crippen molar-refractivity contribution < 1.29 is 4.74 Å². The van der Waals surface area contributed by atoms with Gasteiger partial charge in [0.2, 0.25) is 0 Å². The number of hydrogen-bond acceptors (Lipinski definition) is 5. The minimum absolute atomic E-state index is 0.732. The van der Waals surface area contributed by atoms with Crippen LogP contribution in [-0.4, -0.2) is 34.9 Å². The van der Waals surface area contributed by atoms with Gasteiger partial charge in [0.1, 0.15) is 5.03 Å². The zero-order chi connectivity index (χ0) is 13.1. The predicted molar refractivity (Wildman–Crippen MR) is 80.1 cm³/mol. The fourth-order valence-corrected chi connectivity index (χ4v) is 3.72. The van der Waals surface area contributed by atoms with Crippen LogP contribution < -0.4 is 5.32 Å². The molecule has 2 heterocycles. The molecule has 0 radical (unpaired) electrons. The summed E-state index contributed by atoms with van der Waals surface area (Å²) in [7, 11) is 1.75. The first kappa shape index (κ1) is 13.4. The van der Waals surface area contributed by atoms with Crippen molar-refractivity contribution in [1.29, 1.82) is 0 Å². The molecule has 1 N–H and O–H groups in total. The highest BCUT2D eigenvalue weighted by molar-refractivity contribution is 7.99. The zero-order valence-corrected chi connectivity index (χ0v) is 12.7. The Morgan fingerprint density at radius 2 is 2.47 bits per heavy atom. The molecule has 1 saturated carbocycles. The van der Waals surface area contributed by atoms with Crippen molar-refractivity contribution in [3.05, 3.63) is 17.3 Å². The van der Waals surface area contributed by atoms with Crippen LogP contribution in [0.15, 0.2) is 16.6 Å². The molecule has 6 heteroatoms. The maximum absolute atomic E-state index is 5.09. The van der Waals surface area contributed by atoms with E-state index >= 15 is 0 Å². The second kappa shape index (κ2) is 6.26. The highest BCUT2D eigenvalue weighted by atomic mass is 32.2. The van der Waals surface area contributed by atoms with E-state index in [1.807, 2.05) is 11.8 Å². The topological polar surface area (TPSA) is 38.6 Å². The van der Waals surface area contributed by atoms with Crippen LogP contribution in [0.25, 0.3) is 4.96 Å². The maximum atomic E-state index is 5.09. The highest BCUT2D eigenvalue weighted by Crippen LogP contribution is 2.27. The molecular formula is C13H19N3OS2. The number of nitrogens with zero attached hydrogens (tertiary/aromatic N) is 2. The molecular weight excluding hydrogens is 278 g/mol. The largest absolute Gasteiger partial charge is 0.385 e. The Labute approximate surface area is 121 Å². The molecule has 0 saturated heterocycles. The van der Waals surface area contributed by atoms with Crippen molar-refractivity contribution in [3.8, 4) is 0 Å². The summed E-state index contributed by atoms with van der Waals surface area (Å²) in [5.41, 5.74) is 1.31. The third-order valence-electron chi connectivity index (χ3n) is 3.19. The summed E-state index contributed by atoms with van der Waals surface area (Å²) in [5.74, 6) is 1.06. The molecule has 19 heavy (non-hydrogen) atoms. The third kappa shape index (κ3) is 3.31. The van der Waals surface area contributed by atoms with Gasteiger partial charge in [-0.05, 0) is 19.3 Å². The van der Waals surface area contributed by atoms with Crippen molar-refractivity contribution in [2.24, 2.45) is 0 Å². The van der Waals surface area contributed by atoms with E-state index in [-0.39, 0.29) is 0 Å². The number of nitrogens with one attached hydrogen (secondary N) is 1. The highest BCUT2D eigenvalue weighted by Gasteiger charge is 2.22. The Morgan fingerprint density at radius 1 is 1.58 bits per heavy atom. The number of ether oxygens (including phenoxy) is 1. The molecule has 1 fully saturated rings. The summed E-state index contributed by atoms with van der Waals surface area (Å²) >= 11 is 3.55. The van der Waals surface area contributed by atoms with E-state index in [4.69, 9.17) is 9.72 Å². The summed E-state index contributed by atoms with van der Waals surface area (Å²) in [6, 6.07) is 0.732. The zero-order valence-electron chi connectivity index (χ0n) is 11.1. The first-order valence-electron chi connectivity index (χ1n) is 6.68. The van der Waals surface area contributed by atoms with Crippen molar-refractivity contribution >= 4 is 28.1 Å². The number of rotatable bonds is 8. The van der Waals surface area contributed by atoms with Gasteiger partial charge in [-0.25, -0.2) is 4.98 Å². The van der Waals surface area contributed by atoms with Gasteiger partial charge in [-0.3, -0.25) is 4.40 Å². The minimum Gasteiger partial charge on any atom is -0.385 e. The van der Waals surface area contributed by atoms with Gasteiger partial charge in [0.25, 0.3) is 0 Å². The number of thioether (sulfide) groups is 1. The number of thiazole rings is 1. The Hall–Kier alpha value is -0.560. The number of aromatic nitrogens is 2. The lowest BCUT2D eigenvalue weighted by atomic mass is 10.4. The second-order valence-corrected chi connectivity index (χ2v) is 6.73. The molecule has 3 rings (SSSR count). The van der Waals surface area contributed by atoms with E-state index in [1.165, 1.54) is 23.6 Å². The minimum atomic E-state index is 0.732. The Kier molecular flexibility index (Phi) is 4.42. The fourth-order valence-electron chi connectivity index (χ4n) is 1.99. The molecule has 0 atom stereocenters. The lowest BCUT2D eigenvalue weighted by Crippen LogP contribution is -2.17. The molecule has 1 aliphatic carbocycles. The van der Waals surface area contributed by atoms with E-state index in [2.05, 4.69) is 21.3 Å². The van der Waals surface area contributed by atoms with Crippen LogP contribution in [0.4, 0.5) is 0 Å². The van der Waals surface area contributed by atoms with Crippen LogP contribution in [0.3, 0.4) is 0 Å². The summed E-state index contributed by atoms with van der Waals surface area (Å²) in [4.78, 5) is 5.83. The van der Waals surface area contributed by atoms with Gasteiger partial charge in [-0.15, -0.1) is 23.1 Å². The second-order valence-electron chi connectivity index (χ2n) is 4.77.